The molecule has 6 heteroatoms. The Bertz CT molecular complexity index is 945. The lowest BCUT2D eigenvalue weighted by molar-refractivity contribution is -0.112. The van der Waals surface area contributed by atoms with Crippen molar-refractivity contribution in [2.45, 2.75) is 13.8 Å². The van der Waals surface area contributed by atoms with Gasteiger partial charge in [0, 0.05) is 5.69 Å². The van der Waals surface area contributed by atoms with Crippen LogP contribution in [0.15, 0.2) is 35.9 Å². The molecular formula is C20H17ClN2O3. The maximum Gasteiger partial charge on any atom is 0.266 e. The number of aryl methyl sites for hydroxylation is 1. The van der Waals surface area contributed by atoms with E-state index in [0.717, 1.165) is 11.1 Å². The molecule has 0 bridgehead atoms. The van der Waals surface area contributed by atoms with Crippen LogP contribution in [0.3, 0.4) is 0 Å². The minimum atomic E-state index is -0.479. The van der Waals surface area contributed by atoms with Crippen LogP contribution >= 0.6 is 11.6 Å². The third-order valence-corrected chi connectivity index (χ3v) is 4.43. The summed E-state index contributed by atoms with van der Waals surface area (Å²) in [7, 11) is 0. The largest absolute Gasteiger partial charge is 0.486 e. The van der Waals surface area contributed by atoms with Crippen LogP contribution in [0.5, 0.6) is 11.5 Å². The standard InChI is InChI=1S/C20H17ClN2O3/c1-12-4-3-5-17(13(12)2)23-20(24)15(11-22)8-14-9-16(21)19-18(10-14)25-6-7-26-19/h3-5,8-10H,6-7H2,1-2H3,(H,23,24)/b15-8+. The summed E-state index contributed by atoms with van der Waals surface area (Å²) in [5, 5.41) is 12.6. The summed E-state index contributed by atoms with van der Waals surface area (Å²) in [6, 6.07) is 10.9. The number of carbonyl (C=O) groups excluding carboxylic acids is 1. The van der Waals surface area contributed by atoms with Crippen molar-refractivity contribution in [3.8, 4) is 17.6 Å². The molecule has 5 nitrogen and oxygen atoms in total. The number of amides is 1. The first-order chi connectivity index (χ1) is 12.5. The predicted molar refractivity (Wildman–Crippen MR) is 101 cm³/mol. The molecule has 1 N–H and O–H groups in total. The number of ether oxygens (including phenoxy) is 2. The quantitative estimate of drug-likeness (QED) is 0.648. The number of hydrogen-bond acceptors (Lipinski definition) is 4. The van der Waals surface area contributed by atoms with Crippen LogP contribution < -0.4 is 14.8 Å². The second-order valence-electron chi connectivity index (χ2n) is 5.90. The monoisotopic (exact) mass is 368 g/mol. The van der Waals surface area contributed by atoms with E-state index < -0.39 is 5.91 Å². The van der Waals surface area contributed by atoms with Gasteiger partial charge in [0.05, 0.1) is 5.02 Å². The number of anilines is 1. The molecular weight excluding hydrogens is 352 g/mol. The van der Waals surface area contributed by atoms with Gasteiger partial charge in [-0.3, -0.25) is 4.79 Å². The van der Waals surface area contributed by atoms with Gasteiger partial charge in [0.25, 0.3) is 5.91 Å². The molecule has 1 amide bonds. The van der Waals surface area contributed by atoms with Gasteiger partial charge < -0.3 is 14.8 Å². The highest BCUT2D eigenvalue weighted by atomic mass is 35.5. The van der Waals surface area contributed by atoms with Crippen molar-refractivity contribution in [1.82, 2.24) is 0 Å². The number of hydrogen-bond donors (Lipinski definition) is 1. The number of halogens is 1. The average molecular weight is 369 g/mol. The normalized spacial score (nSPS) is 13.1. The van der Waals surface area contributed by atoms with Gasteiger partial charge in [0.1, 0.15) is 24.9 Å². The molecule has 0 spiro atoms. The molecule has 1 aliphatic heterocycles. The van der Waals surface area contributed by atoms with Crippen LogP contribution in [0.2, 0.25) is 5.02 Å². The summed E-state index contributed by atoms with van der Waals surface area (Å²) in [5.74, 6) is 0.503. The minimum Gasteiger partial charge on any atom is -0.486 e. The number of nitrogens with zero attached hydrogens (tertiary/aromatic N) is 1. The zero-order valence-corrected chi connectivity index (χ0v) is 15.2. The van der Waals surface area contributed by atoms with E-state index in [4.69, 9.17) is 21.1 Å². The molecule has 3 rings (SSSR count). The zero-order valence-electron chi connectivity index (χ0n) is 14.4. The van der Waals surface area contributed by atoms with Crippen LogP contribution in [-0.4, -0.2) is 19.1 Å². The highest BCUT2D eigenvalue weighted by molar-refractivity contribution is 6.32. The highest BCUT2D eigenvalue weighted by Crippen LogP contribution is 2.38. The summed E-state index contributed by atoms with van der Waals surface area (Å²) in [6.45, 7) is 4.74. The van der Waals surface area contributed by atoms with E-state index in [1.54, 1.807) is 18.2 Å². The van der Waals surface area contributed by atoms with Crippen molar-refractivity contribution in [3.05, 3.63) is 57.6 Å². The Morgan fingerprint density at radius 3 is 2.81 bits per heavy atom. The van der Waals surface area contributed by atoms with E-state index in [1.807, 2.05) is 32.0 Å². The van der Waals surface area contributed by atoms with Crippen molar-refractivity contribution < 1.29 is 14.3 Å². The molecule has 0 fully saturated rings. The molecule has 132 valence electrons. The van der Waals surface area contributed by atoms with Crippen molar-refractivity contribution in [3.63, 3.8) is 0 Å². The summed E-state index contributed by atoms with van der Waals surface area (Å²) in [5.41, 5.74) is 3.26. The van der Waals surface area contributed by atoms with Crippen molar-refractivity contribution >= 4 is 29.3 Å². The van der Waals surface area contributed by atoms with Crippen LogP contribution in [0.4, 0.5) is 5.69 Å². The van der Waals surface area contributed by atoms with Gasteiger partial charge in [-0.2, -0.15) is 5.26 Å². The molecule has 2 aromatic carbocycles. The molecule has 1 heterocycles. The second kappa shape index (κ2) is 7.51. The first kappa shape index (κ1) is 17.8. The van der Waals surface area contributed by atoms with Gasteiger partial charge >= 0.3 is 0 Å². The maximum atomic E-state index is 12.5. The lowest BCUT2D eigenvalue weighted by Gasteiger charge is -2.19. The first-order valence-corrected chi connectivity index (χ1v) is 8.46. The molecule has 0 saturated carbocycles. The van der Waals surface area contributed by atoms with Crippen molar-refractivity contribution in [2.24, 2.45) is 0 Å². The SMILES string of the molecule is Cc1cccc(NC(=O)/C(C#N)=C/c2cc(Cl)c3c(c2)OCCO3)c1C. The van der Waals surface area contributed by atoms with Gasteiger partial charge in [-0.1, -0.05) is 23.7 Å². The number of nitriles is 1. The predicted octanol–water partition coefficient (Wildman–Crippen LogP) is 4.27. The minimum absolute atomic E-state index is 0.0290. The number of benzene rings is 2. The third kappa shape index (κ3) is 3.66. The van der Waals surface area contributed by atoms with Gasteiger partial charge in [0.2, 0.25) is 0 Å². The van der Waals surface area contributed by atoms with E-state index in [9.17, 15) is 10.1 Å². The summed E-state index contributed by atoms with van der Waals surface area (Å²) < 4.78 is 11.0. The Labute approximate surface area is 156 Å². The summed E-state index contributed by atoms with van der Waals surface area (Å²) >= 11 is 6.20. The lowest BCUT2D eigenvalue weighted by atomic mass is 10.1. The van der Waals surface area contributed by atoms with E-state index >= 15 is 0 Å². The zero-order chi connectivity index (χ0) is 18.7. The molecule has 1 aliphatic rings. The first-order valence-electron chi connectivity index (χ1n) is 8.08. The smallest absolute Gasteiger partial charge is 0.266 e. The molecule has 26 heavy (non-hydrogen) atoms. The summed E-state index contributed by atoms with van der Waals surface area (Å²) in [4.78, 5) is 12.5. The fraction of sp³-hybridized carbons (Fsp3) is 0.200. The molecule has 0 unspecified atom stereocenters. The third-order valence-electron chi connectivity index (χ3n) is 4.15. The molecule has 0 aliphatic carbocycles. The Hall–Kier alpha value is -2.97. The average Bonchev–Trinajstić information content (AvgIpc) is 2.63. The van der Waals surface area contributed by atoms with Crippen LogP contribution in [0, 0.1) is 25.2 Å². The van der Waals surface area contributed by atoms with E-state index in [2.05, 4.69) is 5.32 Å². The molecule has 0 radical (unpaired) electrons. The number of rotatable bonds is 3. The molecule has 2 aromatic rings. The van der Waals surface area contributed by atoms with Gasteiger partial charge in [0.15, 0.2) is 11.5 Å². The Morgan fingerprint density at radius 1 is 1.27 bits per heavy atom. The van der Waals surface area contributed by atoms with E-state index in [1.165, 1.54) is 6.08 Å². The fourth-order valence-corrected chi connectivity index (χ4v) is 2.88. The Balaban J connectivity index is 1.89. The fourth-order valence-electron chi connectivity index (χ4n) is 2.61. The van der Waals surface area contributed by atoms with E-state index in [-0.39, 0.29) is 5.57 Å². The van der Waals surface area contributed by atoms with Gasteiger partial charge in [-0.15, -0.1) is 0 Å². The van der Waals surface area contributed by atoms with E-state index in [0.29, 0.717) is 41.0 Å². The Morgan fingerprint density at radius 2 is 2.04 bits per heavy atom. The van der Waals surface area contributed by atoms with Crippen molar-refractivity contribution in [2.75, 3.05) is 18.5 Å². The van der Waals surface area contributed by atoms with Crippen LogP contribution in [0.25, 0.3) is 6.08 Å². The molecule has 0 saturated heterocycles. The molecule has 0 aromatic heterocycles. The van der Waals surface area contributed by atoms with Gasteiger partial charge in [-0.25, -0.2) is 0 Å². The second-order valence-corrected chi connectivity index (χ2v) is 6.31. The maximum absolute atomic E-state index is 12.5. The van der Waals surface area contributed by atoms with Crippen LogP contribution in [-0.2, 0) is 4.79 Å². The Kier molecular flexibility index (Phi) is 5.15. The van der Waals surface area contributed by atoms with Crippen LogP contribution in [0.1, 0.15) is 16.7 Å². The number of fused-ring (bicyclic) bond motifs is 1. The highest BCUT2D eigenvalue weighted by Gasteiger charge is 2.17. The topological polar surface area (TPSA) is 71.4 Å². The molecule has 0 atom stereocenters. The summed E-state index contributed by atoms with van der Waals surface area (Å²) in [6.07, 6.45) is 1.48. The number of carbonyl (C=O) groups is 1. The van der Waals surface area contributed by atoms with Gasteiger partial charge in [-0.05, 0) is 54.8 Å². The lowest BCUT2D eigenvalue weighted by Crippen LogP contribution is -2.16. The van der Waals surface area contributed by atoms with Crippen molar-refractivity contribution in [1.29, 1.82) is 5.26 Å². The number of nitrogens with one attached hydrogen (secondary N) is 1.